The molecule has 4 rings (SSSR count). The van der Waals surface area contributed by atoms with Crippen LogP contribution < -0.4 is 10.8 Å². The predicted octanol–water partition coefficient (Wildman–Crippen LogP) is 3.99. The van der Waals surface area contributed by atoms with Crippen molar-refractivity contribution in [2.24, 2.45) is 0 Å². The van der Waals surface area contributed by atoms with Gasteiger partial charge < -0.3 is 19.0 Å². The number of nitrogens with one attached hydrogen (secondary N) is 1. The van der Waals surface area contributed by atoms with E-state index in [2.05, 4.69) is 10.3 Å². The Morgan fingerprint density at radius 3 is 2.42 bits per heavy atom. The van der Waals surface area contributed by atoms with Crippen LogP contribution in [-0.4, -0.2) is 23.8 Å². The van der Waals surface area contributed by atoms with Gasteiger partial charge in [0, 0.05) is 11.3 Å². The van der Waals surface area contributed by atoms with Crippen molar-refractivity contribution in [1.82, 2.24) is 4.98 Å². The van der Waals surface area contributed by atoms with Gasteiger partial charge in [-0.15, -0.1) is 0 Å². The zero-order chi connectivity index (χ0) is 18.1. The van der Waals surface area contributed by atoms with E-state index in [-0.39, 0.29) is 18.8 Å². The molecule has 5 nitrogen and oxygen atoms in total. The Morgan fingerprint density at radius 2 is 1.77 bits per heavy atom. The zero-order valence-electron chi connectivity index (χ0n) is 15.1. The Kier molecular flexibility index (Phi) is 4.30. The maximum Gasteiger partial charge on any atom is 0.494 e. The van der Waals surface area contributed by atoms with Crippen LogP contribution in [-0.2, 0) is 9.31 Å². The average Bonchev–Trinajstić information content (AvgIpc) is 3.21. The molecule has 6 heteroatoms. The summed E-state index contributed by atoms with van der Waals surface area (Å²) in [6.07, 6.45) is 1.77. The summed E-state index contributed by atoms with van der Waals surface area (Å²) in [5.74, 6) is 0.730. The lowest BCUT2D eigenvalue weighted by molar-refractivity contribution is 0.0842. The Morgan fingerprint density at radius 1 is 1.04 bits per heavy atom. The number of nitrogens with zero attached hydrogens (tertiary/aromatic N) is 1. The summed E-state index contributed by atoms with van der Waals surface area (Å²) in [6.45, 7) is 6.11. The second kappa shape index (κ2) is 6.63. The highest BCUT2D eigenvalue weighted by Crippen LogP contribution is 2.27. The molecule has 26 heavy (non-hydrogen) atoms. The molecule has 1 aliphatic rings. The number of aromatic nitrogens is 1. The van der Waals surface area contributed by atoms with E-state index in [9.17, 15) is 0 Å². The highest BCUT2D eigenvalue weighted by molar-refractivity contribution is 6.62. The van der Waals surface area contributed by atoms with Gasteiger partial charge in [-0.3, -0.25) is 0 Å². The number of benzene rings is 2. The van der Waals surface area contributed by atoms with Crippen molar-refractivity contribution in [3.05, 3.63) is 60.8 Å². The Labute approximate surface area is 153 Å². The molecule has 2 heterocycles. The molecule has 0 bridgehead atoms. The first-order chi connectivity index (χ1) is 12.5. The molecule has 1 unspecified atom stereocenters. The number of hydrogen-bond acceptors (Lipinski definition) is 5. The predicted molar refractivity (Wildman–Crippen MR) is 103 cm³/mol. The fourth-order valence-electron chi connectivity index (χ4n) is 2.81. The van der Waals surface area contributed by atoms with Crippen molar-refractivity contribution in [2.75, 3.05) is 5.32 Å². The SMILES string of the molecule is CC1OB(c2ccc(Nc3ncc(-c4ccccc4)o3)cc2)OC1(C)C. The topological polar surface area (TPSA) is 56.5 Å². The summed E-state index contributed by atoms with van der Waals surface area (Å²) in [7, 11) is -0.333. The van der Waals surface area contributed by atoms with Gasteiger partial charge in [-0.2, -0.15) is 0 Å². The van der Waals surface area contributed by atoms with Crippen molar-refractivity contribution >= 4 is 24.3 Å². The third kappa shape index (κ3) is 3.38. The van der Waals surface area contributed by atoms with Gasteiger partial charge in [0.2, 0.25) is 0 Å². The lowest BCUT2D eigenvalue weighted by Crippen LogP contribution is -2.34. The molecule has 0 aliphatic carbocycles. The van der Waals surface area contributed by atoms with Crippen LogP contribution >= 0.6 is 0 Å². The molecule has 0 spiro atoms. The monoisotopic (exact) mass is 348 g/mol. The van der Waals surface area contributed by atoms with Gasteiger partial charge in [0.25, 0.3) is 6.01 Å². The number of anilines is 2. The van der Waals surface area contributed by atoms with Crippen LogP contribution in [0.25, 0.3) is 11.3 Å². The number of rotatable bonds is 4. The third-order valence-electron chi connectivity index (χ3n) is 4.72. The van der Waals surface area contributed by atoms with E-state index >= 15 is 0 Å². The van der Waals surface area contributed by atoms with Crippen LogP contribution in [0.2, 0.25) is 0 Å². The molecule has 0 amide bonds. The third-order valence-corrected chi connectivity index (χ3v) is 4.72. The largest absolute Gasteiger partial charge is 0.494 e. The fraction of sp³-hybridized carbons (Fsp3) is 0.250. The molecule has 132 valence electrons. The Hall–Kier alpha value is -2.57. The van der Waals surface area contributed by atoms with Gasteiger partial charge in [0.15, 0.2) is 5.76 Å². The first kappa shape index (κ1) is 16.9. The minimum Gasteiger partial charge on any atom is -0.423 e. The van der Waals surface area contributed by atoms with Crippen molar-refractivity contribution in [2.45, 2.75) is 32.5 Å². The van der Waals surface area contributed by atoms with Crippen molar-refractivity contribution in [3.63, 3.8) is 0 Å². The number of oxazole rings is 1. The normalized spacial score (nSPS) is 18.9. The standard InChI is InChI=1S/C20H21BN2O3/c1-14-20(2,3)26-21(25-14)16-9-11-17(12-10-16)23-19-22-13-18(24-19)15-7-5-4-6-8-15/h4-14H,1-3H3,(H,22,23). The van der Waals surface area contributed by atoms with Gasteiger partial charge in [0.1, 0.15) is 0 Å². The summed E-state index contributed by atoms with van der Waals surface area (Å²) < 4.78 is 17.7. The van der Waals surface area contributed by atoms with Crippen molar-refractivity contribution in [1.29, 1.82) is 0 Å². The maximum absolute atomic E-state index is 5.98. The van der Waals surface area contributed by atoms with Crippen LogP contribution in [0, 0.1) is 0 Å². The van der Waals surface area contributed by atoms with E-state index in [0.29, 0.717) is 6.01 Å². The Bertz CT molecular complexity index is 878. The molecule has 1 atom stereocenters. The molecule has 2 aromatic carbocycles. The fourth-order valence-corrected chi connectivity index (χ4v) is 2.81. The summed E-state index contributed by atoms with van der Waals surface area (Å²) in [5, 5.41) is 3.18. The van der Waals surface area contributed by atoms with E-state index in [4.69, 9.17) is 13.7 Å². The molecule has 1 N–H and O–H groups in total. The van der Waals surface area contributed by atoms with Crippen LogP contribution in [0.4, 0.5) is 11.7 Å². The summed E-state index contributed by atoms with van der Waals surface area (Å²) >= 11 is 0. The van der Waals surface area contributed by atoms with Crippen LogP contribution in [0.1, 0.15) is 20.8 Å². The summed E-state index contributed by atoms with van der Waals surface area (Å²) in [5.41, 5.74) is 2.59. The van der Waals surface area contributed by atoms with Crippen molar-refractivity contribution in [3.8, 4) is 11.3 Å². The van der Waals surface area contributed by atoms with Gasteiger partial charge in [-0.25, -0.2) is 4.98 Å². The van der Waals surface area contributed by atoms with E-state index in [0.717, 1.165) is 22.5 Å². The highest BCUT2D eigenvalue weighted by atomic mass is 16.7. The quantitative estimate of drug-likeness (QED) is 0.723. The van der Waals surface area contributed by atoms with Gasteiger partial charge >= 0.3 is 7.12 Å². The smallest absolute Gasteiger partial charge is 0.423 e. The van der Waals surface area contributed by atoms with Crippen LogP contribution in [0.3, 0.4) is 0 Å². The molecule has 3 aromatic rings. The van der Waals surface area contributed by atoms with Crippen LogP contribution in [0.15, 0.2) is 65.2 Å². The average molecular weight is 348 g/mol. The molecule has 1 aromatic heterocycles. The van der Waals surface area contributed by atoms with E-state index in [1.807, 2.05) is 75.4 Å². The molecule has 1 fully saturated rings. The Balaban J connectivity index is 1.45. The van der Waals surface area contributed by atoms with Gasteiger partial charge in [0.05, 0.1) is 17.9 Å². The lowest BCUT2D eigenvalue weighted by Gasteiger charge is -2.21. The molecular weight excluding hydrogens is 327 g/mol. The highest BCUT2D eigenvalue weighted by Gasteiger charge is 2.43. The molecule has 1 saturated heterocycles. The van der Waals surface area contributed by atoms with Crippen molar-refractivity contribution < 1.29 is 13.7 Å². The minimum atomic E-state index is -0.333. The van der Waals surface area contributed by atoms with Gasteiger partial charge in [-0.05, 0) is 38.4 Å². The van der Waals surface area contributed by atoms with E-state index in [1.165, 1.54) is 0 Å². The van der Waals surface area contributed by atoms with Crippen LogP contribution in [0.5, 0.6) is 0 Å². The second-order valence-corrected chi connectivity index (χ2v) is 6.97. The maximum atomic E-state index is 5.98. The first-order valence-electron chi connectivity index (χ1n) is 8.73. The zero-order valence-corrected chi connectivity index (χ0v) is 15.1. The number of hydrogen-bond donors (Lipinski definition) is 1. The van der Waals surface area contributed by atoms with E-state index in [1.54, 1.807) is 6.20 Å². The molecule has 0 radical (unpaired) electrons. The minimum absolute atomic E-state index is 0.0500. The molecule has 1 aliphatic heterocycles. The molecule has 0 saturated carbocycles. The summed E-state index contributed by atoms with van der Waals surface area (Å²) in [6, 6.07) is 18.3. The lowest BCUT2D eigenvalue weighted by atomic mass is 9.79. The first-order valence-corrected chi connectivity index (χ1v) is 8.73. The molecular formula is C20H21BN2O3. The van der Waals surface area contributed by atoms with Gasteiger partial charge in [-0.1, -0.05) is 42.5 Å². The summed E-state index contributed by atoms with van der Waals surface area (Å²) in [4.78, 5) is 4.29. The van der Waals surface area contributed by atoms with E-state index < -0.39 is 0 Å². The second-order valence-electron chi connectivity index (χ2n) is 6.97.